The summed E-state index contributed by atoms with van der Waals surface area (Å²) in [6, 6.07) is -5.18. The largest absolute Gasteiger partial charge is 0.481 e. The molecule has 0 aliphatic rings. The monoisotopic (exact) mass is 517 g/mol. The molecular formula is C21H39N7O8. The van der Waals surface area contributed by atoms with E-state index in [1.165, 1.54) is 6.92 Å². The van der Waals surface area contributed by atoms with Gasteiger partial charge in [0, 0.05) is 13.0 Å². The minimum absolute atomic E-state index is 0.0271. The molecule has 0 bridgehead atoms. The maximum atomic E-state index is 12.9. The number of amides is 3. The van der Waals surface area contributed by atoms with Gasteiger partial charge in [-0.3, -0.25) is 24.2 Å². The fourth-order valence-electron chi connectivity index (χ4n) is 3.03. The minimum Gasteiger partial charge on any atom is -0.481 e. The van der Waals surface area contributed by atoms with Crippen LogP contribution in [0.2, 0.25) is 0 Å². The number of aliphatic carboxylic acids is 2. The zero-order valence-electron chi connectivity index (χ0n) is 20.8. The lowest BCUT2D eigenvalue weighted by atomic mass is 10.0. The number of aliphatic imine (C=N–C) groups is 1. The Morgan fingerprint density at radius 1 is 0.833 bits per heavy atom. The number of nitrogens with zero attached hydrogens (tertiary/aromatic N) is 1. The lowest BCUT2D eigenvalue weighted by Gasteiger charge is -2.26. The van der Waals surface area contributed by atoms with Gasteiger partial charge < -0.3 is 48.5 Å². The molecule has 0 rings (SSSR count). The Bertz CT molecular complexity index is 799. The van der Waals surface area contributed by atoms with E-state index in [2.05, 4.69) is 20.9 Å². The predicted molar refractivity (Wildman–Crippen MR) is 129 cm³/mol. The van der Waals surface area contributed by atoms with Crippen molar-refractivity contribution in [3.8, 4) is 0 Å². The average molecular weight is 518 g/mol. The Kier molecular flexibility index (Phi) is 14.7. The van der Waals surface area contributed by atoms with Crippen LogP contribution in [-0.2, 0) is 24.0 Å². The van der Waals surface area contributed by atoms with Gasteiger partial charge in [-0.25, -0.2) is 4.79 Å². The van der Waals surface area contributed by atoms with E-state index in [9.17, 15) is 34.2 Å². The van der Waals surface area contributed by atoms with Crippen molar-refractivity contribution < 1.29 is 39.3 Å². The highest BCUT2D eigenvalue weighted by Gasteiger charge is 2.31. The van der Waals surface area contributed by atoms with Crippen molar-refractivity contribution >= 4 is 35.6 Å². The molecular weight excluding hydrogens is 478 g/mol. The molecule has 0 saturated carbocycles. The molecule has 36 heavy (non-hydrogen) atoms. The number of carboxylic acids is 2. The second-order valence-corrected chi connectivity index (χ2v) is 8.80. The molecule has 0 aliphatic heterocycles. The number of carbonyl (C=O) groups excluding carboxylic acids is 3. The second kappa shape index (κ2) is 16.3. The van der Waals surface area contributed by atoms with Crippen LogP contribution in [0.1, 0.15) is 52.9 Å². The SMILES string of the molecule is CC(C)CC(NC(=O)C(N)C(C)O)C(=O)NC(CCC(=O)O)C(=O)NC(CCCN=C(N)N)C(=O)O. The van der Waals surface area contributed by atoms with E-state index >= 15 is 0 Å². The van der Waals surface area contributed by atoms with E-state index in [1.807, 2.05) is 0 Å². The molecule has 15 nitrogen and oxygen atoms in total. The molecule has 5 unspecified atom stereocenters. The number of carboxylic acid groups (broad SMARTS) is 2. The zero-order chi connectivity index (χ0) is 28.0. The predicted octanol–water partition coefficient (Wildman–Crippen LogP) is -2.80. The lowest BCUT2D eigenvalue weighted by Crippen LogP contribution is -2.58. The van der Waals surface area contributed by atoms with E-state index in [-0.39, 0.29) is 44.1 Å². The van der Waals surface area contributed by atoms with Crippen molar-refractivity contribution in [3.63, 3.8) is 0 Å². The van der Waals surface area contributed by atoms with Crippen LogP contribution in [0.15, 0.2) is 4.99 Å². The standard InChI is InChI=1S/C21H39N7O8/c1-10(2)9-14(28-19(34)16(22)11(3)29)18(33)26-12(6-7-15(30)31)17(32)27-13(20(35)36)5-4-8-25-21(23)24/h10-14,16,29H,4-9,22H2,1-3H3,(H,26,33)(H,27,32)(H,28,34)(H,30,31)(H,35,36)(H4,23,24,25). The summed E-state index contributed by atoms with van der Waals surface area (Å²) in [6.45, 7) is 5.02. The third-order valence-corrected chi connectivity index (χ3v) is 5.00. The second-order valence-electron chi connectivity index (χ2n) is 8.80. The number of hydrogen-bond acceptors (Lipinski definition) is 8. The van der Waals surface area contributed by atoms with Crippen molar-refractivity contribution in [2.75, 3.05) is 6.54 Å². The van der Waals surface area contributed by atoms with Crippen LogP contribution in [0.3, 0.4) is 0 Å². The summed E-state index contributed by atoms with van der Waals surface area (Å²) in [5.41, 5.74) is 16.1. The highest BCUT2D eigenvalue weighted by molar-refractivity contribution is 5.94. The third kappa shape index (κ3) is 13.4. The van der Waals surface area contributed by atoms with Gasteiger partial charge in [-0.2, -0.15) is 0 Å². The molecule has 12 N–H and O–H groups in total. The molecule has 0 aliphatic carbocycles. The smallest absolute Gasteiger partial charge is 0.326 e. The molecule has 0 saturated heterocycles. The van der Waals surface area contributed by atoms with E-state index in [0.29, 0.717) is 0 Å². The summed E-state index contributed by atoms with van der Waals surface area (Å²) in [5.74, 6) is -5.30. The maximum Gasteiger partial charge on any atom is 0.326 e. The van der Waals surface area contributed by atoms with Gasteiger partial charge in [0.25, 0.3) is 0 Å². The molecule has 15 heteroatoms. The molecule has 5 atom stereocenters. The number of carbonyl (C=O) groups is 5. The highest BCUT2D eigenvalue weighted by atomic mass is 16.4. The number of nitrogens with one attached hydrogen (secondary N) is 3. The van der Waals surface area contributed by atoms with Gasteiger partial charge in [0.2, 0.25) is 17.7 Å². The van der Waals surface area contributed by atoms with E-state index < -0.39 is 66.4 Å². The van der Waals surface area contributed by atoms with Crippen LogP contribution in [-0.4, -0.2) is 87.8 Å². The quantitative estimate of drug-likeness (QED) is 0.0539. The van der Waals surface area contributed by atoms with E-state index in [0.717, 1.165) is 0 Å². The maximum absolute atomic E-state index is 12.9. The van der Waals surface area contributed by atoms with Gasteiger partial charge in [-0.15, -0.1) is 0 Å². The first-order valence-electron chi connectivity index (χ1n) is 11.5. The van der Waals surface area contributed by atoms with Crippen molar-refractivity contribution in [3.05, 3.63) is 0 Å². The molecule has 0 radical (unpaired) electrons. The molecule has 206 valence electrons. The Morgan fingerprint density at radius 3 is 1.83 bits per heavy atom. The normalized spacial score (nSPS) is 15.1. The Morgan fingerprint density at radius 2 is 1.36 bits per heavy atom. The summed E-state index contributed by atoms with van der Waals surface area (Å²) in [6.07, 6.45) is -1.65. The summed E-state index contributed by atoms with van der Waals surface area (Å²) in [4.78, 5) is 64.4. The van der Waals surface area contributed by atoms with Crippen LogP contribution in [0.5, 0.6) is 0 Å². The van der Waals surface area contributed by atoms with Crippen molar-refractivity contribution in [1.29, 1.82) is 0 Å². The number of rotatable bonds is 17. The van der Waals surface area contributed by atoms with Gasteiger partial charge in [0.15, 0.2) is 5.96 Å². The molecule has 0 aromatic heterocycles. The fourth-order valence-corrected chi connectivity index (χ4v) is 3.03. The Balaban J connectivity index is 5.55. The first kappa shape index (κ1) is 32.5. The van der Waals surface area contributed by atoms with Crippen LogP contribution in [0.25, 0.3) is 0 Å². The van der Waals surface area contributed by atoms with Gasteiger partial charge in [-0.1, -0.05) is 13.8 Å². The molecule has 0 heterocycles. The van der Waals surface area contributed by atoms with Crippen molar-refractivity contribution in [1.82, 2.24) is 16.0 Å². The Hall–Kier alpha value is -3.46. The minimum atomic E-state index is -1.40. The summed E-state index contributed by atoms with van der Waals surface area (Å²) in [7, 11) is 0. The summed E-state index contributed by atoms with van der Waals surface area (Å²) >= 11 is 0. The fraction of sp³-hybridized carbons (Fsp3) is 0.714. The number of guanidine groups is 1. The third-order valence-electron chi connectivity index (χ3n) is 5.00. The van der Waals surface area contributed by atoms with Crippen LogP contribution in [0.4, 0.5) is 0 Å². The molecule has 0 aromatic carbocycles. The number of hydrogen-bond donors (Lipinski definition) is 9. The molecule has 0 spiro atoms. The Labute approximate surface area is 209 Å². The summed E-state index contributed by atoms with van der Waals surface area (Å²) < 4.78 is 0. The highest BCUT2D eigenvalue weighted by Crippen LogP contribution is 2.08. The molecule has 0 aromatic rings. The number of aliphatic hydroxyl groups is 1. The van der Waals surface area contributed by atoms with E-state index in [4.69, 9.17) is 22.3 Å². The van der Waals surface area contributed by atoms with Crippen molar-refractivity contribution in [2.24, 2.45) is 28.1 Å². The van der Waals surface area contributed by atoms with Gasteiger partial charge in [0.1, 0.15) is 24.2 Å². The lowest BCUT2D eigenvalue weighted by molar-refractivity contribution is -0.143. The zero-order valence-corrected chi connectivity index (χ0v) is 20.8. The number of nitrogens with two attached hydrogens (primary N) is 3. The average Bonchev–Trinajstić information content (AvgIpc) is 2.76. The van der Waals surface area contributed by atoms with Gasteiger partial charge >= 0.3 is 11.9 Å². The van der Waals surface area contributed by atoms with E-state index in [1.54, 1.807) is 13.8 Å². The number of aliphatic hydroxyl groups excluding tert-OH is 1. The first-order valence-corrected chi connectivity index (χ1v) is 11.5. The molecule has 3 amide bonds. The van der Waals surface area contributed by atoms with Gasteiger partial charge in [-0.05, 0) is 38.5 Å². The van der Waals surface area contributed by atoms with Crippen LogP contribution in [0, 0.1) is 5.92 Å². The van der Waals surface area contributed by atoms with Crippen LogP contribution < -0.4 is 33.2 Å². The summed E-state index contributed by atoms with van der Waals surface area (Å²) in [5, 5.41) is 35.1. The van der Waals surface area contributed by atoms with Crippen molar-refractivity contribution in [2.45, 2.75) is 83.1 Å². The van der Waals surface area contributed by atoms with Crippen LogP contribution >= 0.6 is 0 Å². The molecule has 0 fully saturated rings. The topological polar surface area (TPSA) is 273 Å². The first-order chi connectivity index (χ1) is 16.6. The van der Waals surface area contributed by atoms with Gasteiger partial charge in [0.05, 0.1) is 6.10 Å².